The Labute approximate surface area is 155 Å². The van der Waals surface area contributed by atoms with E-state index in [2.05, 4.69) is 69.5 Å². The Hall–Kier alpha value is -2.42. The van der Waals surface area contributed by atoms with Gasteiger partial charge in [0.15, 0.2) is 5.82 Å². The van der Waals surface area contributed by atoms with Crippen LogP contribution >= 0.6 is 0 Å². The Balaban J connectivity index is 1.88. The van der Waals surface area contributed by atoms with Crippen molar-refractivity contribution in [3.05, 3.63) is 64.0 Å². The number of aliphatic imine (C=N–C) groups is 1. The minimum atomic E-state index is 0.579. The molecule has 3 heteroatoms. The lowest BCUT2D eigenvalue weighted by Gasteiger charge is -2.23. The minimum absolute atomic E-state index is 0.579. The predicted molar refractivity (Wildman–Crippen MR) is 109 cm³/mol. The highest BCUT2D eigenvalue weighted by molar-refractivity contribution is 6.02. The molecule has 3 nitrogen and oxygen atoms in total. The molecule has 1 aliphatic heterocycles. The van der Waals surface area contributed by atoms with E-state index in [1.54, 1.807) is 0 Å². The molecular weight excluding hydrogens is 318 g/mol. The molecule has 0 bridgehead atoms. The number of fused-ring (bicyclic) bond motifs is 3. The van der Waals surface area contributed by atoms with E-state index < -0.39 is 0 Å². The summed E-state index contributed by atoms with van der Waals surface area (Å²) in [5.41, 5.74) is 10.3. The SMILES string of the molecule is Cc1c(C)c(C)c2c(nc3n2CC(C)CC3=NCc2ccccc2)c1C. The second kappa shape index (κ2) is 6.39. The number of hydrogen-bond donors (Lipinski definition) is 0. The van der Waals surface area contributed by atoms with Gasteiger partial charge in [-0.25, -0.2) is 4.98 Å². The van der Waals surface area contributed by atoms with Crippen LogP contribution in [0.5, 0.6) is 0 Å². The van der Waals surface area contributed by atoms with Crippen molar-refractivity contribution in [3.63, 3.8) is 0 Å². The summed E-state index contributed by atoms with van der Waals surface area (Å²) in [5.74, 6) is 1.65. The smallest absolute Gasteiger partial charge is 0.155 e. The van der Waals surface area contributed by atoms with Gasteiger partial charge >= 0.3 is 0 Å². The standard InChI is InChI=1S/C23H27N3/c1-14-11-20(24-12-19-9-7-6-8-10-19)23-25-21-17(4)15(2)16(3)18(5)22(21)26(23)13-14/h6-10,14H,11-13H2,1-5H3. The van der Waals surface area contributed by atoms with Gasteiger partial charge in [0.05, 0.1) is 23.3 Å². The van der Waals surface area contributed by atoms with E-state index >= 15 is 0 Å². The number of benzene rings is 2. The van der Waals surface area contributed by atoms with Crippen LogP contribution in [0.1, 0.15) is 47.0 Å². The average Bonchev–Trinajstić information content (AvgIpc) is 3.03. The minimum Gasteiger partial charge on any atom is -0.322 e. The first-order valence-corrected chi connectivity index (χ1v) is 9.51. The van der Waals surface area contributed by atoms with Crippen molar-refractivity contribution in [1.29, 1.82) is 0 Å². The van der Waals surface area contributed by atoms with Crippen molar-refractivity contribution in [2.75, 3.05) is 0 Å². The fourth-order valence-corrected chi connectivity index (χ4v) is 4.11. The molecular formula is C23H27N3. The van der Waals surface area contributed by atoms with Gasteiger partial charge in [0.1, 0.15) is 0 Å². The summed E-state index contributed by atoms with van der Waals surface area (Å²) in [6.45, 7) is 12.9. The van der Waals surface area contributed by atoms with E-state index in [0.717, 1.165) is 36.6 Å². The number of rotatable bonds is 2. The molecule has 2 aromatic carbocycles. The lowest BCUT2D eigenvalue weighted by molar-refractivity contribution is 0.481. The van der Waals surface area contributed by atoms with Crippen LogP contribution in [0.3, 0.4) is 0 Å². The van der Waals surface area contributed by atoms with Crippen molar-refractivity contribution in [1.82, 2.24) is 9.55 Å². The summed E-state index contributed by atoms with van der Waals surface area (Å²) < 4.78 is 2.42. The van der Waals surface area contributed by atoms with E-state index in [1.165, 1.54) is 33.3 Å². The highest BCUT2D eigenvalue weighted by atomic mass is 15.1. The summed E-state index contributed by atoms with van der Waals surface area (Å²) in [6.07, 6.45) is 1.01. The van der Waals surface area contributed by atoms with Crippen LogP contribution in [0.4, 0.5) is 0 Å². The van der Waals surface area contributed by atoms with Gasteiger partial charge in [-0.3, -0.25) is 4.99 Å². The maximum atomic E-state index is 5.08. The molecule has 0 saturated heterocycles. The molecule has 26 heavy (non-hydrogen) atoms. The maximum Gasteiger partial charge on any atom is 0.155 e. The average molecular weight is 345 g/mol. The predicted octanol–water partition coefficient (Wildman–Crippen LogP) is 5.30. The van der Waals surface area contributed by atoms with Crippen LogP contribution in [0.2, 0.25) is 0 Å². The lowest BCUT2D eigenvalue weighted by Crippen LogP contribution is -2.24. The zero-order valence-electron chi connectivity index (χ0n) is 16.4. The molecule has 1 aliphatic rings. The third-order valence-corrected chi connectivity index (χ3v) is 5.95. The molecule has 2 heterocycles. The molecule has 0 radical (unpaired) electrons. The maximum absolute atomic E-state index is 5.08. The third-order valence-electron chi connectivity index (χ3n) is 5.95. The van der Waals surface area contributed by atoms with Crippen LogP contribution < -0.4 is 0 Å². The van der Waals surface area contributed by atoms with Gasteiger partial charge in [-0.1, -0.05) is 37.3 Å². The number of nitrogens with zero attached hydrogens (tertiary/aromatic N) is 3. The van der Waals surface area contributed by atoms with Gasteiger partial charge in [0.2, 0.25) is 0 Å². The van der Waals surface area contributed by atoms with Crippen LogP contribution in [0, 0.1) is 33.6 Å². The number of hydrogen-bond acceptors (Lipinski definition) is 2. The highest BCUT2D eigenvalue weighted by Crippen LogP contribution is 2.33. The summed E-state index contributed by atoms with van der Waals surface area (Å²) >= 11 is 0. The molecule has 0 amide bonds. The second-order valence-corrected chi connectivity index (χ2v) is 7.80. The Morgan fingerprint density at radius 1 is 1.00 bits per heavy atom. The summed E-state index contributed by atoms with van der Waals surface area (Å²) in [5, 5.41) is 0. The van der Waals surface area contributed by atoms with Gasteiger partial charge in [0.25, 0.3) is 0 Å². The van der Waals surface area contributed by atoms with E-state index in [1.807, 2.05) is 0 Å². The Morgan fingerprint density at radius 3 is 2.42 bits per heavy atom. The number of aromatic nitrogens is 2. The molecule has 0 aliphatic carbocycles. The van der Waals surface area contributed by atoms with Crippen molar-refractivity contribution >= 4 is 16.7 Å². The molecule has 3 aromatic rings. The van der Waals surface area contributed by atoms with Crippen molar-refractivity contribution in [2.24, 2.45) is 10.9 Å². The van der Waals surface area contributed by atoms with Gasteiger partial charge < -0.3 is 4.57 Å². The van der Waals surface area contributed by atoms with Gasteiger partial charge in [-0.2, -0.15) is 0 Å². The van der Waals surface area contributed by atoms with Crippen molar-refractivity contribution < 1.29 is 0 Å². The molecule has 134 valence electrons. The summed E-state index contributed by atoms with van der Waals surface area (Å²) in [4.78, 5) is 10.1. The van der Waals surface area contributed by atoms with Crippen molar-refractivity contribution in [2.45, 2.75) is 54.1 Å². The molecule has 1 unspecified atom stereocenters. The molecule has 1 atom stereocenters. The lowest BCUT2D eigenvalue weighted by atomic mass is 9.96. The second-order valence-electron chi connectivity index (χ2n) is 7.80. The molecule has 1 aromatic heterocycles. The quantitative estimate of drug-likeness (QED) is 0.620. The topological polar surface area (TPSA) is 30.2 Å². The number of imidazole rings is 1. The molecule has 0 spiro atoms. The first-order chi connectivity index (χ1) is 12.5. The number of aryl methyl sites for hydroxylation is 2. The largest absolute Gasteiger partial charge is 0.322 e. The molecule has 0 N–H and O–H groups in total. The molecule has 4 rings (SSSR count). The fourth-order valence-electron chi connectivity index (χ4n) is 4.11. The van der Waals surface area contributed by atoms with Crippen molar-refractivity contribution in [3.8, 4) is 0 Å². The fraction of sp³-hybridized carbons (Fsp3) is 0.391. The van der Waals surface area contributed by atoms with E-state index in [0.29, 0.717) is 5.92 Å². The first kappa shape index (κ1) is 17.0. The van der Waals surface area contributed by atoms with Crippen LogP contribution in [-0.4, -0.2) is 15.3 Å². The van der Waals surface area contributed by atoms with Crippen LogP contribution in [-0.2, 0) is 13.1 Å². The summed E-state index contributed by atoms with van der Waals surface area (Å²) in [7, 11) is 0. The third kappa shape index (κ3) is 2.66. The van der Waals surface area contributed by atoms with Gasteiger partial charge in [-0.05, 0) is 67.9 Å². The molecule has 0 saturated carbocycles. The Kier molecular flexibility index (Phi) is 4.18. The van der Waals surface area contributed by atoms with Crippen LogP contribution in [0.15, 0.2) is 35.3 Å². The monoisotopic (exact) mass is 345 g/mol. The van der Waals surface area contributed by atoms with E-state index in [4.69, 9.17) is 9.98 Å². The van der Waals surface area contributed by atoms with E-state index in [-0.39, 0.29) is 0 Å². The zero-order valence-corrected chi connectivity index (χ0v) is 16.4. The Morgan fingerprint density at radius 2 is 1.69 bits per heavy atom. The summed E-state index contributed by atoms with van der Waals surface area (Å²) in [6, 6.07) is 10.5. The normalized spacial score (nSPS) is 18.5. The van der Waals surface area contributed by atoms with E-state index in [9.17, 15) is 0 Å². The van der Waals surface area contributed by atoms with Gasteiger partial charge in [0, 0.05) is 6.54 Å². The zero-order chi connectivity index (χ0) is 18.4. The van der Waals surface area contributed by atoms with Gasteiger partial charge in [-0.15, -0.1) is 0 Å². The van der Waals surface area contributed by atoms with Crippen LogP contribution in [0.25, 0.3) is 11.0 Å². The first-order valence-electron chi connectivity index (χ1n) is 9.51. The Bertz CT molecular complexity index is 1010. The molecule has 0 fully saturated rings. The highest BCUT2D eigenvalue weighted by Gasteiger charge is 2.26.